The van der Waals surface area contributed by atoms with Crippen LogP contribution in [-0.4, -0.2) is 43.6 Å². The molecule has 1 amide bonds. The number of hydrogen-bond acceptors (Lipinski definition) is 5. The number of amides is 1. The standard InChI is InChI=1S/C22H26F3N5O2/c1-13(2)17-10-16(22(23,24)25)19-20(28-32-21(19)27-17)15-5-4-7-29(11-15)18(31)9-14(3)30-8-6-26-12-30/h6,8,10,12-15H,4-5,7,9,11H2,1-3H3/t14-,15-/m0/s1. The quantitative estimate of drug-likeness (QED) is 0.553. The van der Waals surface area contributed by atoms with E-state index in [9.17, 15) is 18.0 Å². The molecule has 0 spiro atoms. The predicted molar refractivity (Wildman–Crippen MR) is 111 cm³/mol. The number of carbonyl (C=O) groups excluding carboxylic acids is 1. The van der Waals surface area contributed by atoms with E-state index in [1.165, 1.54) is 0 Å². The lowest BCUT2D eigenvalue weighted by Crippen LogP contribution is -2.40. The van der Waals surface area contributed by atoms with Crippen LogP contribution in [0.4, 0.5) is 13.2 Å². The molecule has 10 heteroatoms. The Morgan fingerprint density at radius 2 is 2.09 bits per heavy atom. The van der Waals surface area contributed by atoms with Gasteiger partial charge in [-0.1, -0.05) is 19.0 Å². The van der Waals surface area contributed by atoms with Gasteiger partial charge in [-0.2, -0.15) is 13.2 Å². The smallest absolute Gasteiger partial charge is 0.342 e. The number of alkyl halides is 3. The Hall–Kier alpha value is -2.91. The van der Waals surface area contributed by atoms with Crippen molar-refractivity contribution in [2.45, 2.75) is 64.1 Å². The van der Waals surface area contributed by atoms with Crippen LogP contribution in [0.25, 0.3) is 11.1 Å². The van der Waals surface area contributed by atoms with Crippen molar-refractivity contribution in [3.63, 3.8) is 0 Å². The number of likely N-dealkylation sites (tertiary alicyclic amines) is 1. The number of halogens is 3. The van der Waals surface area contributed by atoms with Crippen LogP contribution >= 0.6 is 0 Å². The minimum absolute atomic E-state index is 0.0417. The number of carbonyl (C=O) groups is 1. The SMILES string of the molecule is CC(C)c1cc(C(F)(F)F)c2c([C@H]3CCCN(C(=O)C[C@H](C)n4ccnc4)C3)noc2n1. The first-order valence-electron chi connectivity index (χ1n) is 10.8. The van der Waals surface area contributed by atoms with Crippen molar-refractivity contribution in [1.29, 1.82) is 0 Å². The van der Waals surface area contributed by atoms with Crippen LogP contribution in [0.1, 0.15) is 74.9 Å². The third kappa shape index (κ3) is 4.35. The molecule has 32 heavy (non-hydrogen) atoms. The first-order chi connectivity index (χ1) is 15.1. The summed E-state index contributed by atoms with van der Waals surface area (Å²) in [4.78, 5) is 22.9. The summed E-state index contributed by atoms with van der Waals surface area (Å²) in [6.45, 7) is 6.37. The van der Waals surface area contributed by atoms with Gasteiger partial charge < -0.3 is 14.0 Å². The van der Waals surface area contributed by atoms with E-state index in [1.54, 1.807) is 37.5 Å². The van der Waals surface area contributed by atoms with E-state index < -0.39 is 11.7 Å². The molecule has 1 saturated heterocycles. The number of pyridine rings is 1. The fourth-order valence-electron chi connectivity index (χ4n) is 4.23. The lowest BCUT2D eigenvalue weighted by Gasteiger charge is -2.33. The van der Waals surface area contributed by atoms with Gasteiger partial charge in [-0.15, -0.1) is 0 Å². The molecule has 1 aliphatic rings. The molecule has 4 heterocycles. The maximum atomic E-state index is 13.9. The molecular weight excluding hydrogens is 423 g/mol. The van der Waals surface area contributed by atoms with Crippen LogP contribution in [0.5, 0.6) is 0 Å². The van der Waals surface area contributed by atoms with E-state index in [2.05, 4.69) is 15.1 Å². The Morgan fingerprint density at radius 3 is 2.75 bits per heavy atom. The second-order valence-electron chi connectivity index (χ2n) is 8.74. The predicted octanol–water partition coefficient (Wildman–Crippen LogP) is 4.92. The Kier molecular flexibility index (Phi) is 5.96. The van der Waals surface area contributed by atoms with E-state index in [0.717, 1.165) is 6.07 Å². The second-order valence-corrected chi connectivity index (χ2v) is 8.74. The molecule has 3 aromatic rings. The zero-order chi connectivity index (χ0) is 23.0. The number of fused-ring (bicyclic) bond motifs is 1. The normalized spacial score (nSPS) is 18.5. The Balaban J connectivity index is 1.60. The molecule has 0 aromatic carbocycles. The van der Waals surface area contributed by atoms with Gasteiger partial charge in [0.15, 0.2) is 0 Å². The zero-order valence-corrected chi connectivity index (χ0v) is 18.3. The third-order valence-corrected chi connectivity index (χ3v) is 6.05. The molecule has 0 bridgehead atoms. The highest BCUT2D eigenvalue weighted by Gasteiger charge is 2.38. The Labute approximate surface area is 183 Å². The van der Waals surface area contributed by atoms with Crippen LogP contribution < -0.4 is 0 Å². The number of hydrogen-bond donors (Lipinski definition) is 0. The average Bonchev–Trinajstić information content (AvgIpc) is 3.42. The molecule has 0 saturated carbocycles. The fraction of sp³-hybridized carbons (Fsp3) is 0.545. The average molecular weight is 449 g/mol. The molecule has 0 aliphatic carbocycles. The summed E-state index contributed by atoms with van der Waals surface area (Å²) < 4.78 is 48.8. The maximum absolute atomic E-state index is 13.9. The van der Waals surface area contributed by atoms with Crippen molar-refractivity contribution in [2.75, 3.05) is 13.1 Å². The largest absolute Gasteiger partial charge is 0.417 e. The summed E-state index contributed by atoms with van der Waals surface area (Å²) in [5.41, 5.74) is -0.341. The van der Waals surface area contributed by atoms with Crippen LogP contribution in [0.15, 0.2) is 29.3 Å². The Morgan fingerprint density at radius 1 is 1.31 bits per heavy atom. The molecule has 3 aromatic heterocycles. The summed E-state index contributed by atoms with van der Waals surface area (Å²) in [5.74, 6) is -0.570. The summed E-state index contributed by atoms with van der Waals surface area (Å²) in [5, 5.41) is 3.91. The summed E-state index contributed by atoms with van der Waals surface area (Å²) >= 11 is 0. The van der Waals surface area contributed by atoms with E-state index in [0.29, 0.717) is 31.6 Å². The van der Waals surface area contributed by atoms with Gasteiger partial charge >= 0.3 is 6.18 Å². The van der Waals surface area contributed by atoms with E-state index in [1.807, 2.05) is 11.5 Å². The first kappa shape index (κ1) is 22.3. The monoisotopic (exact) mass is 449 g/mol. The van der Waals surface area contributed by atoms with Gasteiger partial charge in [-0.25, -0.2) is 9.97 Å². The van der Waals surface area contributed by atoms with Gasteiger partial charge in [-0.3, -0.25) is 4.79 Å². The lowest BCUT2D eigenvalue weighted by atomic mass is 9.91. The molecule has 0 unspecified atom stereocenters. The van der Waals surface area contributed by atoms with E-state index >= 15 is 0 Å². The summed E-state index contributed by atoms with van der Waals surface area (Å²) in [6, 6.07) is 1.03. The van der Waals surface area contributed by atoms with Crippen molar-refractivity contribution in [3.05, 3.63) is 41.7 Å². The molecule has 0 N–H and O–H groups in total. The van der Waals surface area contributed by atoms with Crippen LogP contribution in [-0.2, 0) is 11.0 Å². The highest BCUT2D eigenvalue weighted by molar-refractivity contribution is 5.82. The number of rotatable bonds is 5. The van der Waals surface area contributed by atoms with E-state index in [-0.39, 0.29) is 47.0 Å². The van der Waals surface area contributed by atoms with Gasteiger partial charge in [0.05, 0.1) is 23.0 Å². The molecule has 1 fully saturated rings. The van der Waals surface area contributed by atoms with Gasteiger partial charge in [0.25, 0.3) is 5.71 Å². The maximum Gasteiger partial charge on any atom is 0.417 e. The summed E-state index contributed by atoms with van der Waals surface area (Å²) in [7, 11) is 0. The fourth-order valence-corrected chi connectivity index (χ4v) is 4.23. The highest BCUT2D eigenvalue weighted by Crippen LogP contribution is 2.40. The molecule has 172 valence electrons. The number of aromatic nitrogens is 4. The van der Waals surface area contributed by atoms with Crippen LogP contribution in [0.2, 0.25) is 0 Å². The molecule has 0 radical (unpaired) electrons. The lowest BCUT2D eigenvalue weighted by molar-refractivity contribution is -0.136. The number of imidazole rings is 1. The van der Waals surface area contributed by atoms with E-state index in [4.69, 9.17) is 4.52 Å². The molecule has 2 atom stereocenters. The topological polar surface area (TPSA) is 77.0 Å². The van der Waals surface area contributed by atoms with Gasteiger partial charge in [-0.05, 0) is 31.7 Å². The van der Waals surface area contributed by atoms with Crippen molar-refractivity contribution >= 4 is 17.0 Å². The van der Waals surface area contributed by atoms with Crippen molar-refractivity contribution in [2.24, 2.45) is 0 Å². The number of piperidine rings is 1. The van der Waals surface area contributed by atoms with Crippen LogP contribution in [0.3, 0.4) is 0 Å². The van der Waals surface area contributed by atoms with Crippen molar-refractivity contribution in [1.82, 2.24) is 24.6 Å². The molecular formula is C22H26F3N5O2. The third-order valence-electron chi connectivity index (χ3n) is 6.05. The van der Waals surface area contributed by atoms with Crippen molar-refractivity contribution in [3.8, 4) is 0 Å². The van der Waals surface area contributed by atoms with Gasteiger partial charge in [0.2, 0.25) is 5.91 Å². The molecule has 1 aliphatic heterocycles. The Bertz CT molecular complexity index is 1090. The second kappa shape index (κ2) is 8.55. The van der Waals surface area contributed by atoms with Crippen LogP contribution in [0, 0.1) is 0 Å². The minimum Gasteiger partial charge on any atom is -0.342 e. The number of nitrogens with zero attached hydrogens (tertiary/aromatic N) is 5. The van der Waals surface area contributed by atoms with Crippen molar-refractivity contribution < 1.29 is 22.5 Å². The van der Waals surface area contributed by atoms with Gasteiger partial charge in [0, 0.05) is 49.6 Å². The first-order valence-corrected chi connectivity index (χ1v) is 10.8. The highest BCUT2D eigenvalue weighted by atomic mass is 19.4. The summed E-state index contributed by atoms with van der Waals surface area (Å²) in [6.07, 6.45) is 2.16. The molecule has 7 nitrogen and oxygen atoms in total. The zero-order valence-electron chi connectivity index (χ0n) is 18.3. The van der Waals surface area contributed by atoms with Gasteiger partial charge in [0.1, 0.15) is 0 Å². The molecule has 4 rings (SSSR count). The minimum atomic E-state index is -4.56.